The first-order chi connectivity index (χ1) is 6.25. The van der Waals surface area contributed by atoms with Crippen LogP contribution in [0.1, 0.15) is 12.5 Å². The molecule has 2 aromatic rings. The molecule has 3 heteroatoms. The molecule has 0 unspecified atom stereocenters. The van der Waals surface area contributed by atoms with Gasteiger partial charge in [-0.25, -0.2) is 0 Å². The SMILES string of the molecule is CC(=O)Cc1ccc2[nH]ncc2c1. The van der Waals surface area contributed by atoms with Crippen molar-refractivity contribution >= 4 is 16.7 Å². The van der Waals surface area contributed by atoms with Crippen LogP contribution < -0.4 is 0 Å². The van der Waals surface area contributed by atoms with Crippen molar-refractivity contribution in [3.8, 4) is 0 Å². The number of aromatic nitrogens is 2. The summed E-state index contributed by atoms with van der Waals surface area (Å²) in [6, 6.07) is 5.88. The summed E-state index contributed by atoms with van der Waals surface area (Å²) in [4.78, 5) is 10.9. The van der Waals surface area contributed by atoms with Crippen LogP contribution >= 0.6 is 0 Å². The zero-order chi connectivity index (χ0) is 9.26. The van der Waals surface area contributed by atoms with E-state index in [2.05, 4.69) is 10.2 Å². The van der Waals surface area contributed by atoms with Crippen LogP contribution in [-0.2, 0) is 11.2 Å². The van der Waals surface area contributed by atoms with E-state index in [0.29, 0.717) is 6.42 Å². The van der Waals surface area contributed by atoms with E-state index in [4.69, 9.17) is 0 Å². The Bertz CT molecular complexity index is 445. The Balaban J connectivity index is 2.42. The van der Waals surface area contributed by atoms with E-state index in [1.54, 1.807) is 13.1 Å². The Hall–Kier alpha value is -1.64. The molecule has 1 N–H and O–H groups in total. The molecule has 0 radical (unpaired) electrons. The highest BCUT2D eigenvalue weighted by Crippen LogP contribution is 2.13. The van der Waals surface area contributed by atoms with Gasteiger partial charge in [0.15, 0.2) is 0 Å². The molecule has 1 heterocycles. The number of Topliss-reactive ketones (excluding diaryl/α,β-unsaturated/α-hetero) is 1. The van der Waals surface area contributed by atoms with Crippen molar-refractivity contribution in [3.05, 3.63) is 30.0 Å². The van der Waals surface area contributed by atoms with Gasteiger partial charge in [-0.1, -0.05) is 6.07 Å². The lowest BCUT2D eigenvalue weighted by atomic mass is 10.1. The largest absolute Gasteiger partial charge is 0.300 e. The zero-order valence-corrected chi connectivity index (χ0v) is 7.37. The number of hydrogen-bond donors (Lipinski definition) is 1. The van der Waals surface area contributed by atoms with E-state index in [0.717, 1.165) is 16.5 Å². The molecule has 0 aliphatic rings. The van der Waals surface area contributed by atoms with Gasteiger partial charge >= 0.3 is 0 Å². The van der Waals surface area contributed by atoms with Gasteiger partial charge < -0.3 is 0 Å². The summed E-state index contributed by atoms with van der Waals surface area (Å²) in [6.45, 7) is 1.60. The number of rotatable bonds is 2. The maximum Gasteiger partial charge on any atom is 0.134 e. The molecule has 0 saturated carbocycles. The molecule has 2 rings (SSSR count). The Morgan fingerprint density at radius 1 is 1.54 bits per heavy atom. The number of carbonyl (C=O) groups excluding carboxylic acids is 1. The highest BCUT2D eigenvalue weighted by Gasteiger charge is 2.00. The van der Waals surface area contributed by atoms with Crippen molar-refractivity contribution in [1.29, 1.82) is 0 Å². The molecule has 0 atom stereocenters. The van der Waals surface area contributed by atoms with Crippen molar-refractivity contribution in [1.82, 2.24) is 10.2 Å². The normalized spacial score (nSPS) is 10.5. The topological polar surface area (TPSA) is 45.8 Å². The first kappa shape index (κ1) is 7.98. The fourth-order valence-electron chi connectivity index (χ4n) is 1.39. The molecular formula is C10H10N2O. The molecule has 1 aromatic carbocycles. The van der Waals surface area contributed by atoms with Crippen LogP contribution in [0.5, 0.6) is 0 Å². The molecule has 13 heavy (non-hydrogen) atoms. The lowest BCUT2D eigenvalue weighted by Gasteiger charge is -1.96. The minimum atomic E-state index is 0.183. The molecule has 0 spiro atoms. The number of hydrogen-bond acceptors (Lipinski definition) is 2. The van der Waals surface area contributed by atoms with Crippen LogP contribution in [0.25, 0.3) is 10.9 Å². The molecule has 0 bridgehead atoms. The Labute approximate surface area is 75.8 Å². The molecule has 0 amide bonds. The third-order valence-electron chi connectivity index (χ3n) is 1.96. The first-order valence-corrected chi connectivity index (χ1v) is 4.17. The number of H-pyrrole nitrogens is 1. The van der Waals surface area contributed by atoms with Crippen molar-refractivity contribution in [2.75, 3.05) is 0 Å². The predicted molar refractivity (Wildman–Crippen MR) is 50.5 cm³/mol. The molecule has 0 saturated heterocycles. The van der Waals surface area contributed by atoms with Gasteiger partial charge in [-0.2, -0.15) is 5.10 Å². The number of carbonyl (C=O) groups is 1. The maximum absolute atomic E-state index is 10.9. The fourth-order valence-corrected chi connectivity index (χ4v) is 1.39. The lowest BCUT2D eigenvalue weighted by molar-refractivity contribution is -0.116. The number of benzene rings is 1. The monoisotopic (exact) mass is 174 g/mol. The lowest BCUT2D eigenvalue weighted by Crippen LogP contribution is -1.95. The summed E-state index contributed by atoms with van der Waals surface area (Å²) in [5.74, 6) is 0.183. The van der Waals surface area contributed by atoms with E-state index >= 15 is 0 Å². The number of nitrogens with zero attached hydrogens (tertiary/aromatic N) is 1. The van der Waals surface area contributed by atoms with E-state index in [9.17, 15) is 4.79 Å². The first-order valence-electron chi connectivity index (χ1n) is 4.17. The van der Waals surface area contributed by atoms with Crippen molar-refractivity contribution in [2.24, 2.45) is 0 Å². The van der Waals surface area contributed by atoms with Gasteiger partial charge in [0, 0.05) is 11.8 Å². The second-order valence-electron chi connectivity index (χ2n) is 3.17. The summed E-state index contributed by atoms with van der Waals surface area (Å²) in [6.07, 6.45) is 2.26. The standard InChI is InChI=1S/C10H10N2O/c1-7(13)4-8-2-3-10-9(5-8)6-11-12-10/h2-3,5-6H,4H2,1H3,(H,11,12). The highest BCUT2D eigenvalue weighted by molar-refractivity contribution is 5.82. The molecule has 1 aromatic heterocycles. The van der Waals surface area contributed by atoms with Crippen LogP contribution in [-0.4, -0.2) is 16.0 Å². The summed E-state index contributed by atoms with van der Waals surface area (Å²) in [5, 5.41) is 7.83. The predicted octanol–water partition coefficient (Wildman–Crippen LogP) is 1.69. The quantitative estimate of drug-likeness (QED) is 0.753. The Kier molecular flexibility index (Phi) is 1.85. The van der Waals surface area contributed by atoms with Gasteiger partial charge in [-0.15, -0.1) is 0 Å². The van der Waals surface area contributed by atoms with Gasteiger partial charge in [0.05, 0.1) is 11.7 Å². The molecule has 0 fully saturated rings. The minimum Gasteiger partial charge on any atom is -0.300 e. The van der Waals surface area contributed by atoms with Crippen LogP contribution in [0.4, 0.5) is 0 Å². The summed E-state index contributed by atoms with van der Waals surface area (Å²) in [5.41, 5.74) is 2.05. The fraction of sp³-hybridized carbons (Fsp3) is 0.200. The molecule has 3 nitrogen and oxygen atoms in total. The molecule has 0 aliphatic carbocycles. The number of aromatic amines is 1. The van der Waals surface area contributed by atoms with Crippen LogP contribution in [0.2, 0.25) is 0 Å². The van der Waals surface area contributed by atoms with Gasteiger partial charge in [0.25, 0.3) is 0 Å². The average Bonchev–Trinajstić information content (AvgIpc) is 2.49. The van der Waals surface area contributed by atoms with Gasteiger partial charge in [-0.05, 0) is 24.6 Å². The van der Waals surface area contributed by atoms with Crippen molar-refractivity contribution in [3.63, 3.8) is 0 Å². The van der Waals surface area contributed by atoms with Gasteiger partial charge in [0.2, 0.25) is 0 Å². The number of ketones is 1. The second kappa shape index (κ2) is 3.01. The summed E-state index contributed by atoms with van der Waals surface area (Å²) < 4.78 is 0. The Morgan fingerprint density at radius 2 is 2.38 bits per heavy atom. The van der Waals surface area contributed by atoms with Gasteiger partial charge in [-0.3, -0.25) is 9.89 Å². The van der Waals surface area contributed by atoms with Crippen LogP contribution in [0, 0.1) is 0 Å². The van der Waals surface area contributed by atoms with E-state index < -0.39 is 0 Å². The van der Waals surface area contributed by atoms with E-state index in [-0.39, 0.29) is 5.78 Å². The van der Waals surface area contributed by atoms with Crippen LogP contribution in [0.3, 0.4) is 0 Å². The highest BCUT2D eigenvalue weighted by atomic mass is 16.1. The minimum absolute atomic E-state index is 0.183. The third-order valence-corrected chi connectivity index (χ3v) is 1.96. The number of nitrogens with one attached hydrogen (secondary N) is 1. The third kappa shape index (κ3) is 1.59. The van der Waals surface area contributed by atoms with E-state index in [1.165, 1.54) is 0 Å². The van der Waals surface area contributed by atoms with Crippen molar-refractivity contribution < 1.29 is 4.79 Å². The summed E-state index contributed by atoms with van der Waals surface area (Å²) >= 11 is 0. The molecule has 0 aliphatic heterocycles. The molecule has 66 valence electrons. The number of fused-ring (bicyclic) bond motifs is 1. The van der Waals surface area contributed by atoms with Gasteiger partial charge in [0.1, 0.15) is 5.78 Å². The average molecular weight is 174 g/mol. The van der Waals surface area contributed by atoms with Crippen molar-refractivity contribution in [2.45, 2.75) is 13.3 Å². The Morgan fingerprint density at radius 3 is 3.15 bits per heavy atom. The molecular weight excluding hydrogens is 164 g/mol. The van der Waals surface area contributed by atoms with E-state index in [1.807, 2.05) is 18.2 Å². The summed E-state index contributed by atoms with van der Waals surface area (Å²) in [7, 11) is 0. The maximum atomic E-state index is 10.9. The van der Waals surface area contributed by atoms with Crippen LogP contribution in [0.15, 0.2) is 24.4 Å². The second-order valence-corrected chi connectivity index (χ2v) is 3.17. The smallest absolute Gasteiger partial charge is 0.134 e. The zero-order valence-electron chi connectivity index (χ0n) is 7.37.